The predicted molar refractivity (Wildman–Crippen MR) is 139 cm³/mol. The Kier molecular flexibility index (Phi) is 7.23. The number of rotatable bonds is 5. The number of alkyl halides is 3. The maximum Gasteiger partial charge on any atom is 0.416 e. The van der Waals surface area contributed by atoms with Crippen molar-refractivity contribution >= 4 is 39.8 Å². The van der Waals surface area contributed by atoms with Crippen molar-refractivity contribution in [1.29, 1.82) is 0 Å². The first-order valence-corrected chi connectivity index (χ1v) is 12.6. The van der Waals surface area contributed by atoms with Crippen molar-refractivity contribution in [2.45, 2.75) is 46.2 Å². The molecule has 0 aliphatic heterocycles. The van der Waals surface area contributed by atoms with Gasteiger partial charge in [0, 0.05) is 28.9 Å². The topological polar surface area (TPSA) is 84.6 Å². The number of carbonyl (C=O) groups is 1. The number of fused-ring (bicyclic) bond motifs is 1. The summed E-state index contributed by atoms with van der Waals surface area (Å²) in [6.45, 7) is 6.54. The molecule has 10 heteroatoms. The largest absolute Gasteiger partial charge is 0.416 e. The summed E-state index contributed by atoms with van der Waals surface area (Å²) in [4.78, 5) is 29.6. The lowest BCUT2D eigenvalue weighted by molar-refractivity contribution is -0.384. The van der Waals surface area contributed by atoms with E-state index in [0.717, 1.165) is 35.4 Å². The summed E-state index contributed by atoms with van der Waals surface area (Å²) < 4.78 is 39.5. The van der Waals surface area contributed by atoms with Crippen molar-refractivity contribution in [3.63, 3.8) is 0 Å². The lowest BCUT2D eigenvalue weighted by atomic mass is 9.72. The molecule has 1 aromatic heterocycles. The number of hydrogen-bond acceptors (Lipinski definition) is 5. The highest BCUT2D eigenvalue weighted by atomic mass is 32.1. The van der Waals surface area contributed by atoms with Gasteiger partial charge in [0.1, 0.15) is 5.00 Å². The molecule has 4 rings (SSSR count). The number of thiophene rings is 1. The average Bonchev–Trinajstić information content (AvgIpc) is 3.20. The highest BCUT2D eigenvalue weighted by molar-refractivity contribution is 7.16. The number of non-ortho nitro benzene ring substituents is 1. The molecular formula is C27H26F3N3O3S. The van der Waals surface area contributed by atoms with Crippen molar-refractivity contribution in [3.8, 4) is 0 Å². The summed E-state index contributed by atoms with van der Waals surface area (Å²) in [7, 11) is 0. The molecule has 1 heterocycles. The molecule has 194 valence electrons. The van der Waals surface area contributed by atoms with E-state index in [1.54, 1.807) is 12.1 Å². The molecule has 0 bridgehead atoms. The molecular weight excluding hydrogens is 503 g/mol. The molecule has 2 aromatic carbocycles. The molecule has 1 aliphatic rings. The first kappa shape index (κ1) is 26.5. The summed E-state index contributed by atoms with van der Waals surface area (Å²) >= 11 is 1.39. The third kappa shape index (κ3) is 6.07. The van der Waals surface area contributed by atoms with Crippen molar-refractivity contribution in [3.05, 3.63) is 85.8 Å². The molecule has 6 nitrogen and oxygen atoms in total. The summed E-state index contributed by atoms with van der Waals surface area (Å²) in [5.74, 6) is -0.121. The van der Waals surface area contributed by atoms with Crippen molar-refractivity contribution in [2.75, 3.05) is 5.32 Å². The smallest absolute Gasteiger partial charge is 0.322 e. The van der Waals surface area contributed by atoms with E-state index >= 15 is 0 Å². The summed E-state index contributed by atoms with van der Waals surface area (Å²) in [5.41, 5.74) is 0.885. The number of anilines is 1. The normalized spacial score (nSPS) is 16.0. The van der Waals surface area contributed by atoms with Crippen molar-refractivity contribution in [1.82, 2.24) is 0 Å². The van der Waals surface area contributed by atoms with Gasteiger partial charge in [0.25, 0.3) is 11.6 Å². The van der Waals surface area contributed by atoms with Crippen molar-refractivity contribution < 1.29 is 22.9 Å². The van der Waals surface area contributed by atoms with Crippen LogP contribution in [0.15, 0.2) is 53.5 Å². The van der Waals surface area contributed by atoms with Gasteiger partial charge in [-0.15, -0.1) is 11.3 Å². The molecule has 0 saturated carbocycles. The zero-order chi connectivity index (χ0) is 27.0. The van der Waals surface area contributed by atoms with Crippen LogP contribution >= 0.6 is 11.3 Å². The Balaban J connectivity index is 1.71. The van der Waals surface area contributed by atoms with E-state index < -0.39 is 22.6 Å². The van der Waals surface area contributed by atoms with Crippen molar-refractivity contribution in [2.24, 2.45) is 16.3 Å². The number of halogens is 3. The van der Waals surface area contributed by atoms with Gasteiger partial charge in [-0.3, -0.25) is 14.9 Å². The molecule has 0 fully saturated rings. The number of hydrogen-bond donors (Lipinski definition) is 1. The summed E-state index contributed by atoms with van der Waals surface area (Å²) in [6, 6.07) is 10.5. The maximum atomic E-state index is 13.4. The molecule has 3 aromatic rings. The molecule has 1 atom stereocenters. The molecule has 0 radical (unpaired) electrons. The van der Waals surface area contributed by atoms with Crippen LogP contribution in [-0.4, -0.2) is 17.0 Å². The van der Waals surface area contributed by atoms with E-state index in [1.807, 2.05) is 0 Å². The number of benzene rings is 2. The van der Waals surface area contributed by atoms with Crippen LogP contribution in [0.4, 0.5) is 29.5 Å². The van der Waals surface area contributed by atoms with E-state index in [9.17, 15) is 28.1 Å². The van der Waals surface area contributed by atoms with E-state index in [1.165, 1.54) is 41.8 Å². The highest BCUT2D eigenvalue weighted by Gasteiger charge is 2.34. The van der Waals surface area contributed by atoms with Gasteiger partial charge >= 0.3 is 6.18 Å². The fourth-order valence-electron chi connectivity index (χ4n) is 4.45. The lowest BCUT2D eigenvalue weighted by Crippen LogP contribution is -2.27. The molecule has 1 amide bonds. The number of nitro benzene ring substituents is 1. The Bertz CT molecular complexity index is 1370. The minimum Gasteiger partial charge on any atom is -0.322 e. The van der Waals surface area contributed by atoms with Gasteiger partial charge in [-0.2, -0.15) is 13.2 Å². The first-order valence-electron chi connectivity index (χ1n) is 11.7. The average molecular weight is 530 g/mol. The van der Waals surface area contributed by atoms with Crippen LogP contribution in [0, 0.1) is 21.4 Å². The van der Waals surface area contributed by atoms with E-state index in [2.05, 4.69) is 31.1 Å². The van der Waals surface area contributed by atoms with Crippen LogP contribution < -0.4 is 5.32 Å². The second kappa shape index (κ2) is 10.1. The second-order valence-corrected chi connectivity index (χ2v) is 11.2. The molecule has 1 aliphatic carbocycles. The quantitative estimate of drug-likeness (QED) is 0.208. The van der Waals surface area contributed by atoms with Gasteiger partial charge in [-0.25, -0.2) is 4.99 Å². The number of nitrogens with one attached hydrogen (secondary N) is 1. The SMILES string of the molecule is CC(C)(C)C1CCc2c(sc(N=Cc3cccc([N+](=O)[O-])c3)c2C(=O)Nc2cccc(C(F)(F)F)c2)C1. The predicted octanol–water partition coefficient (Wildman–Crippen LogP) is 7.83. The lowest BCUT2D eigenvalue weighted by Gasteiger charge is -2.33. The molecule has 0 saturated heterocycles. The van der Waals surface area contributed by atoms with Gasteiger partial charge in [0.2, 0.25) is 0 Å². The monoisotopic (exact) mass is 529 g/mol. The van der Waals surface area contributed by atoms with E-state index in [0.29, 0.717) is 28.5 Å². The first-order chi connectivity index (χ1) is 17.3. The Labute approximate surface area is 216 Å². The minimum absolute atomic E-state index is 0.0387. The molecule has 1 N–H and O–H groups in total. The van der Waals surface area contributed by atoms with Crippen LogP contribution in [0.2, 0.25) is 0 Å². The van der Waals surface area contributed by atoms with Gasteiger partial charge in [0.15, 0.2) is 0 Å². The van der Waals surface area contributed by atoms with Gasteiger partial charge in [-0.1, -0.05) is 39.0 Å². The fourth-order valence-corrected chi connectivity index (χ4v) is 5.72. The van der Waals surface area contributed by atoms with E-state index in [-0.39, 0.29) is 16.8 Å². The minimum atomic E-state index is -4.53. The standard InChI is InChI=1S/C27H26F3N3O3S/c1-26(2,3)17-10-11-21-22(14-17)37-25(31-15-16-6-4-9-20(12-16)33(35)36)23(21)24(34)32-19-8-5-7-18(13-19)27(28,29)30/h4-9,12-13,15,17H,10-11,14H2,1-3H3,(H,32,34). The highest BCUT2D eigenvalue weighted by Crippen LogP contribution is 2.45. The molecule has 0 spiro atoms. The van der Waals surface area contributed by atoms with E-state index in [4.69, 9.17) is 0 Å². The third-order valence-corrected chi connectivity index (χ3v) is 7.72. The number of amides is 1. The second-order valence-electron chi connectivity index (χ2n) is 10.1. The Morgan fingerprint density at radius 1 is 1.16 bits per heavy atom. The number of carbonyl (C=O) groups excluding carboxylic acids is 1. The van der Waals surface area contributed by atoms with Crippen LogP contribution in [-0.2, 0) is 19.0 Å². The Morgan fingerprint density at radius 2 is 1.89 bits per heavy atom. The summed E-state index contributed by atoms with van der Waals surface area (Å²) in [5, 5.41) is 14.2. The van der Waals surface area contributed by atoms with Crippen LogP contribution in [0.1, 0.15) is 59.1 Å². The maximum absolute atomic E-state index is 13.4. The fraction of sp³-hybridized carbons (Fsp3) is 0.333. The van der Waals surface area contributed by atoms with Crippen LogP contribution in [0.3, 0.4) is 0 Å². The zero-order valence-corrected chi connectivity index (χ0v) is 21.4. The Morgan fingerprint density at radius 3 is 2.57 bits per heavy atom. The van der Waals surface area contributed by atoms with Gasteiger partial charge in [0.05, 0.1) is 16.1 Å². The van der Waals surface area contributed by atoms with Crippen LogP contribution in [0.25, 0.3) is 0 Å². The third-order valence-electron chi connectivity index (χ3n) is 6.56. The molecule has 1 unspecified atom stereocenters. The van der Waals surface area contributed by atoms with Gasteiger partial charge < -0.3 is 5.32 Å². The molecule has 37 heavy (non-hydrogen) atoms. The van der Waals surface area contributed by atoms with Gasteiger partial charge in [-0.05, 0) is 59.9 Å². The Hall–Kier alpha value is -3.53. The zero-order valence-electron chi connectivity index (χ0n) is 20.6. The number of nitro groups is 1. The summed E-state index contributed by atoms with van der Waals surface area (Å²) in [6.07, 6.45) is -0.749. The van der Waals surface area contributed by atoms with Crippen LogP contribution in [0.5, 0.6) is 0 Å². The number of nitrogens with zero attached hydrogens (tertiary/aromatic N) is 2. The number of aliphatic imine (C=N–C) groups is 1.